The van der Waals surface area contributed by atoms with Gasteiger partial charge < -0.3 is 11.1 Å². The van der Waals surface area contributed by atoms with Crippen molar-refractivity contribution in [3.63, 3.8) is 0 Å². The molecule has 19 heavy (non-hydrogen) atoms. The van der Waals surface area contributed by atoms with Gasteiger partial charge in [0, 0.05) is 6.42 Å². The van der Waals surface area contributed by atoms with E-state index in [1.54, 1.807) is 0 Å². The van der Waals surface area contributed by atoms with Crippen LogP contribution < -0.4 is 11.1 Å². The second-order valence-corrected chi connectivity index (χ2v) is 4.92. The van der Waals surface area contributed by atoms with Crippen molar-refractivity contribution in [1.82, 2.24) is 5.32 Å². The fraction of sp³-hybridized carbons (Fsp3) is 0.562. The molecule has 1 rings (SSSR count). The molecule has 0 saturated heterocycles. The van der Waals surface area contributed by atoms with E-state index < -0.39 is 0 Å². The summed E-state index contributed by atoms with van der Waals surface area (Å²) in [4.78, 5) is 11.9. The van der Waals surface area contributed by atoms with E-state index in [9.17, 15) is 4.79 Å². The molecule has 1 amide bonds. The minimum absolute atomic E-state index is 0.146. The van der Waals surface area contributed by atoms with Crippen LogP contribution in [0.2, 0.25) is 0 Å². The first kappa shape index (κ1) is 15.7. The third kappa shape index (κ3) is 6.39. The molecular formula is C16H26N2O. The molecule has 0 aliphatic heterocycles. The Bertz CT molecular complexity index is 351. The molecule has 0 aliphatic rings. The second kappa shape index (κ2) is 9.56. The molecule has 3 N–H and O–H groups in total. The first-order chi connectivity index (χ1) is 9.27. The van der Waals surface area contributed by atoms with Crippen LogP contribution >= 0.6 is 0 Å². The average molecular weight is 262 g/mol. The summed E-state index contributed by atoms with van der Waals surface area (Å²) >= 11 is 0. The van der Waals surface area contributed by atoms with Crippen molar-refractivity contribution in [3.05, 3.63) is 35.9 Å². The minimum Gasteiger partial charge on any atom is -0.349 e. The number of hydrogen-bond donors (Lipinski definition) is 2. The molecule has 106 valence electrons. The molecule has 1 aromatic rings. The Kier molecular flexibility index (Phi) is 7.91. The first-order valence-corrected chi connectivity index (χ1v) is 7.32. The van der Waals surface area contributed by atoms with Gasteiger partial charge in [-0.1, -0.05) is 50.1 Å². The highest BCUT2D eigenvalue weighted by Gasteiger charge is 2.12. The molecule has 0 heterocycles. The van der Waals surface area contributed by atoms with Gasteiger partial charge in [0.1, 0.15) is 0 Å². The Labute approximate surface area is 116 Å². The minimum atomic E-state index is 0.146. The lowest BCUT2D eigenvalue weighted by molar-refractivity contribution is -0.122. The lowest BCUT2D eigenvalue weighted by atomic mass is 10.0. The summed E-state index contributed by atoms with van der Waals surface area (Å²) in [5, 5.41) is 3.14. The normalized spacial score (nSPS) is 12.1. The zero-order valence-electron chi connectivity index (χ0n) is 11.9. The van der Waals surface area contributed by atoms with Gasteiger partial charge in [0.2, 0.25) is 5.91 Å². The van der Waals surface area contributed by atoms with Gasteiger partial charge in [-0.25, -0.2) is 0 Å². The number of nitrogens with two attached hydrogens (primary N) is 1. The molecule has 1 atom stereocenters. The van der Waals surface area contributed by atoms with E-state index in [2.05, 4.69) is 24.4 Å². The molecular weight excluding hydrogens is 236 g/mol. The SMILES string of the molecule is CCCC(NC(=O)CCCCCN)c1ccccc1. The quantitative estimate of drug-likeness (QED) is 0.672. The number of hydrogen-bond acceptors (Lipinski definition) is 2. The number of carbonyl (C=O) groups is 1. The Morgan fingerprint density at radius 2 is 1.95 bits per heavy atom. The van der Waals surface area contributed by atoms with Crippen LogP contribution in [-0.4, -0.2) is 12.5 Å². The van der Waals surface area contributed by atoms with E-state index in [1.807, 2.05) is 18.2 Å². The van der Waals surface area contributed by atoms with Crippen molar-refractivity contribution >= 4 is 5.91 Å². The molecule has 0 aromatic heterocycles. The van der Waals surface area contributed by atoms with Gasteiger partial charge in [-0.3, -0.25) is 4.79 Å². The van der Waals surface area contributed by atoms with Crippen LogP contribution in [0.15, 0.2) is 30.3 Å². The van der Waals surface area contributed by atoms with Crippen molar-refractivity contribution in [2.75, 3.05) is 6.54 Å². The summed E-state index contributed by atoms with van der Waals surface area (Å²) < 4.78 is 0. The van der Waals surface area contributed by atoms with Gasteiger partial charge in [0.25, 0.3) is 0 Å². The second-order valence-electron chi connectivity index (χ2n) is 4.92. The van der Waals surface area contributed by atoms with E-state index in [1.165, 1.54) is 5.56 Å². The molecule has 0 spiro atoms. The molecule has 0 bridgehead atoms. The first-order valence-electron chi connectivity index (χ1n) is 7.32. The van der Waals surface area contributed by atoms with Crippen LogP contribution in [0.4, 0.5) is 0 Å². The zero-order chi connectivity index (χ0) is 13.9. The van der Waals surface area contributed by atoms with Crippen molar-refractivity contribution in [2.24, 2.45) is 5.73 Å². The summed E-state index contributed by atoms with van der Waals surface area (Å²) in [5.41, 5.74) is 6.64. The van der Waals surface area contributed by atoms with E-state index in [-0.39, 0.29) is 11.9 Å². The maximum atomic E-state index is 11.9. The molecule has 1 aromatic carbocycles. The zero-order valence-corrected chi connectivity index (χ0v) is 11.9. The van der Waals surface area contributed by atoms with Crippen LogP contribution in [0.1, 0.15) is 57.1 Å². The predicted molar refractivity (Wildman–Crippen MR) is 79.8 cm³/mol. The highest BCUT2D eigenvalue weighted by molar-refractivity contribution is 5.76. The topological polar surface area (TPSA) is 55.1 Å². The van der Waals surface area contributed by atoms with Crippen LogP contribution in [0.25, 0.3) is 0 Å². The lowest BCUT2D eigenvalue weighted by Crippen LogP contribution is -2.28. The van der Waals surface area contributed by atoms with Crippen molar-refractivity contribution in [2.45, 2.75) is 51.5 Å². The Balaban J connectivity index is 2.43. The van der Waals surface area contributed by atoms with Crippen molar-refractivity contribution in [1.29, 1.82) is 0 Å². The van der Waals surface area contributed by atoms with E-state index in [4.69, 9.17) is 5.73 Å². The van der Waals surface area contributed by atoms with Gasteiger partial charge in [0.15, 0.2) is 0 Å². The molecule has 3 heteroatoms. The number of carbonyl (C=O) groups excluding carboxylic acids is 1. The fourth-order valence-corrected chi connectivity index (χ4v) is 2.17. The molecule has 0 saturated carbocycles. The predicted octanol–water partition coefficient (Wildman–Crippen LogP) is 3.16. The largest absolute Gasteiger partial charge is 0.349 e. The van der Waals surface area contributed by atoms with Gasteiger partial charge in [-0.15, -0.1) is 0 Å². The number of amides is 1. The van der Waals surface area contributed by atoms with Gasteiger partial charge in [0.05, 0.1) is 6.04 Å². The Morgan fingerprint density at radius 1 is 1.21 bits per heavy atom. The molecule has 0 fully saturated rings. The highest BCUT2D eigenvalue weighted by Crippen LogP contribution is 2.18. The number of unbranched alkanes of at least 4 members (excludes halogenated alkanes) is 2. The van der Waals surface area contributed by atoms with E-state index >= 15 is 0 Å². The molecule has 0 aliphatic carbocycles. The third-order valence-corrected chi connectivity index (χ3v) is 3.22. The van der Waals surface area contributed by atoms with Gasteiger partial charge >= 0.3 is 0 Å². The summed E-state index contributed by atoms with van der Waals surface area (Å²) in [6.45, 7) is 2.85. The Hall–Kier alpha value is -1.35. The maximum absolute atomic E-state index is 11.9. The summed E-state index contributed by atoms with van der Waals surface area (Å²) in [6, 6.07) is 10.3. The van der Waals surface area contributed by atoms with Gasteiger partial charge in [-0.2, -0.15) is 0 Å². The van der Waals surface area contributed by atoms with Crippen LogP contribution in [0, 0.1) is 0 Å². The van der Waals surface area contributed by atoms with E-state index in [0.717, 1.165) is 32.1 Å². The average Bonchev–Trinajstić information content (AvgIpc) is 2.44. The molecule has 1 unspecified atom stereocenters. The summed E-state index contributed by atoms with van der Waals surface area (Å²) in [5.74, 6) is 0.152. The van der Waals surface area contributed by atoms with Crippen LogP contribution in [-0.2, 0) is 4.79 Å². The summed E-state index contributed by atoms with van der Waals surface area (Å²) in [6.07, 6.45) is 5.62. The van der Waals surface area contributed by atoms with Crippen LogP contribution in [0.3, 0.4) is 0 Å². The van der Waals surface area contributed by atoms with Crippen LogP contribution in [0.5, 0.6) is 0 Å². The number of nitrogens with one attached hydrogen (secondary N) is 1. The molecule has 0 radical (unpaired) electrons. The number of rotatable bonds is 9. The number of benzene rings is 1. The smallest absolute Gasteiger partial charge is 0.220 e. The Morgan fingerprint density at radius 3 is 2.58 bits per heavy atom. The third-order valence-electron chi connectivity index (χ3n) is 3.22. The van der Waals surface area contributed by atoms with Crippen molar-refractivity contribution in [3.8, 4) is 0 Å². The fourth-order valence-electron chi connectivity index (χ4n) is 2.17. The van der Waals surface area contributed by atoms with E-state index in [0.29, 0.717) is 13.0 Å². The standard InChI is InChI=1S/C16H26N2O/c1-2-9-15(14-10-5-3-6-11-14)18-16(19)12-7-4-8-13-17/h3,5-6,10-11,15H,2,4,7-9,12-13,17H2,1H3,(H,18,19). The summed E-state index contributed by atoms with van der Waals surface area (Å²) in [7, 11) is 0. The van der Waals surface area contributed by atoms with Crippen molar-refractivity contribution < 1.29 is 4.79 Å². The lowest BCUT2D eigenvalue weighted by Gasteiger charge is -2.18. The highest BCUT2D eigenvalue weighted by atomic mass is 16.1. The van der Waals surface area contributed by atoms with Gasteiger partial charge in [-0.05, 0) is 31.4 Å². The maximum Gasteiger partial charge on any atom is 0.220 e. The monoisotopic (exact) mass is 262 g/mol. The molecule has 3 nitrogen and oxygen atoms in total.